The Morgan fingerprint density at radius 3 is 2.52 bits per heavy atom. The summed E-state index contributed by atoms with van der Waals surface area (Å²) in [4.78, 5) is 16.1. The summed E-state index contributed by atoms with van der Waals surface area (Å²) in [5.74, 6) is 1.28. The van der Waals surface area contributed by atoms with E-state index in [0.29, 0.717) is 12.4 Å². The van der Waals surface area contributed by atoms with E-state index >= 15 is 0 Å². The second kappa shape index (κ2) is 5.57. The van der Waals surface area contributed by atoms with Crippen LogP contribution in [-0.4, -0.2) is 10.9 Å². The third kappa shape index (κ3) is 2.55. The summed E-state index contributed by atoms with van der Waals surface area (Å²) in [6, 6.07) is 19.1. The second-order valence-corrected chi connectivity index (χ2v) is 5.31. The molecule has 0 saturated heterocycles. The monoisotopic (exact) mass is 302 g/mol. The number of hydrogen-bond acceptors (Lipinski definition) is 3. The summed E-state index contributed by atoms with van der Waals surface area (Å²) in [5.41, 5.74) is 3.77. The molecule has 0 bridgehead atoms. The number of carbonyl (C=O) groups excluding carboxylic acids is 1. The van der Waals surface area contributed by atoms with Gasteiger partial charge >= 0.3 is 0 Å². The van der Waals surface area contributed by atoms with Crippen molar-refractivity contribution in [1.29, 1.82) is 0 Å². The molecule has 1 N–H and O–H groups in total. The van der Waals surface area contributed by atoms with Gasteiger partial charge in [-0.25, -0.2) is 4.98 Å². The van der Waals surface area contributed by atoms with Gasteiger partial charge in [0.05, 0.1) is 0 Å². The molecule has 4 heteroatoms. The zero-order valence-electron chi connectivity index (χ0n) is 12.3. The minimum atomic E-state index is -0.0150. The molecular formula is C19H14N2O2. The van der Waals surface area contributed by atoms with Gasteiger partial charge in [0.25, 0.3) is 5.91 Å². The number of fused-ring (bicyclic) bond motifs is 1. The van der Waals surface area contributed by atoms with Crippen LogP contribution in [0.25, 0.3) is 11.1 Å². The Labute approximate surface area is 133 Å². The number of amides is 1. The number of benzene rings is 2. The van der Waals surface area contributed by atoms with Crippen LogP contribution >= 0.6 is 0 Å². The fraction of sp³-hybridized carbons (Fsp3) is 0.0526. The van der Waals surface area contributed by atoms with E-state index in [4.69, 9.17) is 4.74 Å². The number of aromatic nitrogens is 1. The predicted octanol–water partition coefficient (Wildman–Crippen LogP) is 3.78. The molecule has 2 heterocycles. The number of carbonyl (C=O) groups is 1. The fourth-order valence-electron chi connectivity index (χ4n) is 2.73. The summed E-state index contributed by atoms with van der Waals surface area (Å²) in [6.07, 6.45) is 1.77. The zero-order chi connectivity index (χ0) is 15.6. The van der Waals surface area contributed by atoms with E-state index in [-0.39, 0.29) is 5.91 Å². The van der Waals surface area contributed by atoms with Gasteiger partial charge in [0.1, 0.15) is 5.75 Å². The maximum atomic E-state index is 11.8. The lowest BCUT2D eigenvalue weighted by atomic mass is 9.98. The van der Waals surface area contributed by atoms with Crippen molar-refractivity contribution in [3.8, 4) is 22.8 Å². The van der Waals surface area contributed by atoms with E-state index in [0.717, 1.165) is 28.0 Å². The molecule has 1 aliphatic rings. The van der Waals surface area contributed by atoms with Gasteiger partial charge in [-0.05, 0) is 35.4 Å². The average molecular weight is 302 g/mol. The number of hydrogen-bond donors (Lipinski definition) is 1. The highest BCUT2D eigenvalue weighted by Gasteiger charge is 2.21. The largest absolute Gasteiger partial charge is 0.439 e. The van der Waals surface area contributed by atoms with E-state index in [1.165, 1.54) is 0 Å². The molecule has 0 aliphatic carbocycles. The van der Waals surface area contributed by atoms with Gasteiger partial charge in [-0.1, -0.05) is 30.3 Å². The van der Waals surface area contributed by atoms with Crippen LogP contribution in [0.5, 0.6) is 11.6 Å². The van der Waals surface area contributed by atoms with Gasteiger partial charge in [-0.15, -0.1) is 0 Å². The topological polar surface area (TPSA) is 51.2 Å². The lowest BCUT2D eigenvalue weighted by Crippen LogP contribution is -2.12. The standard InChI is InChI=1S/C19H14N2O2/c22-19-16-8-4-7-15(17(16)12-21-19)13-9-10-18(20-11-13)23-14-5-2-1-3-6-14/h1-11H,12H2,(H,21,22). The average Bonchev–Trinajstić information content (AvgIpc) is 2.98. The van der Waals surface area contributed by atoms with Crippen LogP contribution in [-0.2, 0) is 6.54 Å². The van der Waals surface area contributed by atoms with Crippen LogP contribution in [0.1, 0.15) is 15.9 Å². The third-order valence-electron chi connectivity index (χ3n) is 3.86. The third-order valence-corrected chi connectivity index (χ3v) is 3.86. The maximum Gasteiger partial charge on any atom is 0.251 e. The highest BCUT2D eigenvalue weighted by atomic mass is 16.5. The molecule has 2 aromatic carbocycles. The highest BCUT2D eigenvalue weighted by Crippen LogP contribution is 2.30. The van der Waals surface area contributed by atoms with Crippen molar-refractivity contribution in [2.24, 2.45) is 0 Å². The zero-order valence-corrected chi connectivity index (χ0v) is 12.3. The van der Waals surface area contributed by atoms with Crippen molar-refractivity contribution in [3.63, 3.8) is 0 Å². The molecular weight excluding hydrogens is 288 g/mol. The first-order valence-corrected chi connectivity index (χ1v) is 7.41. The van der Waals surface area contributed by atoms with Gasteiger partial charge < -0.3 is 10.1 Å². The summed E-state index contributed by atoms with van der Waals surface area (Å²) in [7, 11) is 0. The molecule has 23 heavy (non-hydrogen) atoms. The summed E-state index contributed by atoms with van der Waals surface area (Å²) in [6.45, 7) is 0.562. The molecule has 4 nitrogen and oxygen atoms in total. The van der Waals surface area contributed by atoms with Crippen molar-refractivity contribution >= 4 is 5.91 Å². The van der Waals surface area contributed by atoms with E-state index in [2.05, 4.69) is 10.3 Å². The Morgan fingerprint density at radius 1 is 0.913 bits per heavy atom. The number of ether oxygens (including phenoxy) is 1. The Bertz CT molecular complexity index is 858. The van der Waals surface area contributed by atoms with E-state index in [9.17, 15) is 4.79 Å². The van der Waals surface area contributed by atoms with Crippen LogP contribution in [0.4, 0.5) is 0 Å². The molecule has 4 rings (SSSR count). The maximum absolute atomic E-state index is 11.8. The van der Waals surface area contributed by atoms with Gasteiger partial charge in [-0.3, -0.25) is 4.79 Å². The Hall–Kier alpha value is -3.14. The van der Waals surface area contributed by atoms with Crippen molar-refractivity contribution in [2.75, 3.05) is 0 Å². The second-order valence-electron chi connectivity index (χ2n) is 5.31. The quantitative estimate of drug-likeness (QED) is 0.801. The summed E-state index contributed by atoms with van der Waals surface area (Å²) in [5, 5.41) is 2.86. The molecule has 0 atom stereocenters. The number of rotatable bonds is 3. The van der Waals surface area contributed by atoms with Crippen LogP contribution in [0, 0.1) is 0 Å². The first-order chi connectivity index (χ1) is 11.3. The van der Waals surface area contributed by atoms with Crippen LogP contribution in [0.2, 0.25) is 0 Å². The van der Waals surface area contributed by atoms with Crippen LogP contribution < -0.4 is 10.1 Å². The van der Waals surface area contributed by atoms with Crippen LogP contribution in [0.15, 0.2) is 66.9 Å². The minimum Gasteiger partial charge on any atom is -0.439 e. The molecule has 112 valence electrons. The van der Waals surface area contributed by atoms with Gasteiger partial charge in [0.15, 0.2) is 0 Å². The Morgan fingerprint density at radius 2 is 1.74 bits per heavy atom. The molecule has 1 aromatic heterocycles. The van der Waals surface area contributed by atoms with Crippen molar-refractivity contribution in [1.82, 2.24) is 10.3 Å². The lowest BCUT2D eigenvalue weighted by molar-refractivity contribution is 0.0966. The summed E-state index contributed by atoms with van der Waals surface area (Å²) < 4.78 is 5.70. The first-order valence-electron chi connectivity index (χ1n) is 7.41. The van der Waals surface area contributed by atoms with Crippen molar-refractivity contribution in [3.05, 3.63) is 78.0 Å². The molecule has 0 radical (unpaired) electrons. The highest BCUT2D eigenvalue weighted by molar-refractivity contribution is 6.00. The number of pyridine rings is 1. The van der Waals surface area contributed by atoms with Crippen molar-refractivity contribution in [2.45, 2.75) is 6.54 Å². The molecule has 0 saturated carbocycles. The van der Waals surface area contributed by atoms with Gasteiger partial charge in [0.2, 0.25) is 5.88 Å². The molecule has 1 aliphatic heterocycles. The molecule has 3 aromatic rings. The van der Waals surface area contributed by atoms with E-state index in [1.807, 2.05) is 60.7 Å². The minimum absolute atomic E-state index is 0.0150. The first kappa shape index (κ1) is 13.5. The lowest BCUT2D eigenvalue weighted by Gasteiger charge is -2.08. The molecule has 0 unspecified atom stereocenters. The van der Waals surface area contributed by atoms with Crippen molar-refractivity contribution < 1.29 is 9.53 Å². The SMILES string of the molecule is O=C1NCc2c1cccc2-c1ccc(Oc2ccccc2)nc1. The number of nitrogens with zero attached hydrogens (tertiary/aromatic N) is 1. The molecule has 1 amide bonds. The van der Waals surface area contributed by atoms with Gasteiger partial charge in [0, 0.05) is 29.9 Å². The predicted molar refractivity (Wildman–Crippen MR) is 87.4 cm³/mol. The van der Waals surface area contributed by atoms with Crippen LogP contribution in [0.3, 0.4) is 0 Å². The van der Waals surface area contributed by atoms with E-state index in [1.54, 1.807) is 6.20 Å². The van der Waals surface area contributed by atoms with Gasteiger partial charge in [-0.2, -0.15) is 0 Å². The number of para-hydroxylation sites is 1. The van der Waals surface area contributed by atoms with E-state index < -0.39 is 0 Å². The smallest absolute Gasteiger partial charge is 0.251 e. The Balaban J connectivity index is 1.63. The molecule has 0 spiro atoms. The summed E-state index contributed by atoms with van der Waals surface area (Å²) >= 11 is 0. The Kier molecular flexibility index (Phi) is 3.27. The fourth-order valence-corrected chi connectivity index (χ4v) is 2.73. The molecule has 0 fully saturated rings. The normalized spacial score (nSPS) is 12.6. The number of nitrogens with one attached hydrogen (secondary N) is 1.